The van der Waals surface area contributed by atoms with Crippen molar-refractivity contribution in [2.45, 2.75) is 60.2 Å². The van der Waals surface area contributed by atoms with Crippen molar-refractivity contribution in [2.75, 3.05) is 0 Å². The molecule has 0 aliphatic rings. The van der Waals surface area contributed by atoms with E-state index in [1.165, 1.54) is 0 Å². The number of hydrogen-bond acceptors (Lipinski definition) is 4. The molecular formula is C21H31IrN2O2-. The molecule has 4 nitrogen and oxygen atoms in total. The first-order valence-corrected chi connectivity index (χ1v) is 8.85. The molecule has 0 amide bonds. The number of aryl methyl sites for hydroxylation is 2. The Bertz CT molecular complexity index is 621. The summed E-state index contributed by atoms with van der Waals surface area (Å²) in [4.78, 5) is 8.72. The van der Waals surface area contributed by atoms with Gasteiger partial charge in [0.1, 0.15) is 0 Å². The molecule has 2 aromatic rings. The van der Waals surface area contributed by atoms with Crippen LogP contribution < -0.4 is 0 Å². The number of aromatic nitrogens is 2. The van der Waals surface area contributed by atoms with Crippen molar-refractivity contribution in [2.24, 2.45) is 11.8 Å². The first kappa shape index (κ1) is 24.9. The Morgan fingerprint density at radius 3 is 2.00 bits per heavy atom. The van der Waals surface area contributed by atoms with Gasteiger partial charge in [-0.25, -0.2) is 0 Å². The van der Waals surface area contributed by atoms with E-state index in [0.29, 0.717) is 6.42 Å². The number of rotatable bonds is 5. The number of aliphatic hydroxyl groups excluding tert-OH is 2. The Morgan fingerprint density at radius 2 is 1.58 bits per heavy atom. The van der Waals surface area contributed by atoms with Crippen LogP contribution in [0.2, 0.25) is 0 Å². The Morgan fingerprint density at radius 1 is 1.00 bits per heavy atom. The molecule has 1 aromatic heterocycles. The van der Waals surface area contributed by atoms with Crippen LogP contribution in [-0.2, 0) is 20.1 Å². The van der Waals surface area contributed by atoms with Gasteiger partial charge in [-0.05, 0) is 32.1 Å². The van der Waals surface area contributed by atoms with Gasteiger partial charge in [0.05, 0.1) is 17.9 Å². The van der Waals surface area contributed by atoms with E-state index in [9.17, 15) is 10.2 Å². The molecule has 0 aliphatic heterocycles. The third-order valence-corrected chi connectivity index (χ3v) is 4.05. The SMILES string of the molecule is CC(C)C(O)CC(O)C(C)C.Cc1cnc(-c2[c-]cccc2)c(C)n1.[Ir]. The molecule has 0 saturated carbocycles. The largest absolute Gasteiger partial charge is 0.393 e. The summed E-state index contributed by atoms with van der Waals surface area (Å²) in [5.74, 6) is 0.479. The Kier molecular flexibility index (Phi) is 11.8. The molecule has 0 saturated heterocycles. The fourth-order valence-electron chi connectivity index (χ4n) is 2.19. The third kappa shape index (κ3) is 8.50. The topological polar surface area (TPSA) is 66.2 Å². The van der Waals surface area contributed by atoms with Crippen molar-refractivity contribution in [3.05, 3.63) is 47.9 Å². The zero-order valence-corrected chi connectivity index (χ0v) is 18.9. The molecule has 5 heteroatoms. The standard InChI is InChI=1S/C12H11N2.C9H20O2.Ir/c1-9-8-13-12(10(2)14-9)11-6-4-3-5-7-11;1-6(2)8(10)5-9(11)7(3)4;/h3-6,8H,1-2H3;6-11H,5H2,1-4H3;/q-1;;. The first-order chi connectivity index (χ1) is 11.7. The molecule has 2 unspecified atom stereocenters. The second-order valence-corrected chi connectivity index (χ2v) is 7.08. The van der Waals surface area contributed by atoms with E-state index in [-0.39, 0.29) is 44.1 Å². The predicted molar refractivity (Wildman–Crippen MR) is 102 cm³/mol. The average Bonchev–Trinajstić information content (AvgIpc) is 2.56. The molecule has 26 heavy (non-hydrogen) atoms. The van der Waals surface area contributed by atoms with Gasteiger partial charge in [-0.1, -0.05) is 27.7 Å². The monoisotopic (exact) mass is 536 g/mol. The number of hydrogen-bond donors (Lipinski definition) is 2. The minimum Gasteiger partial charge on any atom is -0.393 e. The number of nitrogens with zero attached hydrogens (tertiary/aromatic N) is 2. The van der Waals surface area contributed by atoms with Crippen LogP contribution in [0.5, 0.6) is 0 Å². The number of aliphatic hydroxyl groups is 2. The minimum atomic E-state index is -0.368. The van der Waals surface area contributed by atoms with Gasteiger partial charge in [0, 0.05) is 37.7 Å². The zero-order chi connectivity index (χ0) is 19.0. The molecule has 2 rings (SSSR count). The quantitative estimate of drug-likeness (QED) is 0.569. The summed E-state index contributed by atoms with van der Waals surface area (Å²) in [7, 11) is 0. The van der Waals surface area contributed by atoms with E-state index in [1.54, 1.807) is 6.20 Å². The predicted octanol–water partition coefficient (Wildman–Crippen LogP) is 3.97. The summed E-state index contributed by atoms with van der Waals surface area (Å²) in [5, 5.41) is 18.8. The fraction of sp³-hybridized carbons (Fsp3) is 0.524. The van der Waals surface area contributed by atoms with Gasteiger partial charge in [-0.3, -0.25) is 4.98 Å². The Hall–Kier alpha value is -1.13. The molecule has 1 radical (unpaired) electrons. The third-order valence-electron chi connectivity index (χ3n) is 4.05. The van der Waals surface area contributed by atoms with Crippen LogP contribution in [0.25, 0.3) is 11.3 Å². The van der Waals surface area contributed by atoms with Gasteiger partial charge in [-0.2, -0.15) is 0 Å². The van der Waals surface area contributed by atoms with E-state index in [2.05, 4.69) is 16.0 Å². The van der Waals surface area contributed by atoms with Gasteiger partial charge >= 0.3 is 0 Å². The molecule has 2 N–H and O–H groups in total. The van der Waals surface area contributed by atoms with Crippen molar-refractivity contribution in [1.82, 2.24) is 9.97 Å². The normalized spacial score (nSPS) is 12.8. The van der Waals surface area contributed by atoms with Crippen LogP contribution in [0, 0.1) is 31.7 Å². The summed E-state index contributed by atoms with van der Waals surface area (Å²) >= 11 is 0. The van der Waals surface area contributed by atoms with Crippen LogP contribution >= 0.6 is 0 Å². The first-order valence-electron chi connectivity index (χ1n) is 8.85. The van der Waals surface area contributed by atoms with Gasteiger partial charge in [0.15, 0.2) is 0 Å². The van der Waals surface area contributed by atoms with E-state index >= 15 is 0 Å². The fourth-order valence-corrected chi connectivity index (χ4v) is 2.19. The molecule has 0 bridgehead atoms. The van der Waals surface area contributed by atoms with Crippen LogP contribution in [0.4, 0.5) is 0 Å². The van der Waals surface area contributed by atoms with Crippen molar-refractivity contribution in [3.8, 4) is 11.3 Å². The maximum Gasteiger partial charge on any atom is 0.0587 e. The Labute approximate surface area is 171 Å². The van der Waals surface area contributed by atoms with Crippen LogP contribution in [0.15, 0.2) is 30.5 Å². The molecule has 1 heterocycles. The summed E-state index contributed by atoms with van der Waals surface area (Å²) < 4.78 is 0. The van der Waals surface area contributed by atoms with Crippen molar-refractivity contribution in [1.29, 1.82) is 0 Å². The maximum absolute atomic E-state index is 9.39. The molecule has 0 aliphatic carbocycles. The summed E-state index contributed by atoms with van der Waals surface area (Å²) in [6, 6.07) is 10.9. The van der Waals surface area contributed by atoms with Gasteiger partial charge in [0.25, 0.3) is 0 Å². The van der Waals surface area contributed by atoms with Gasteiger partial charge in [0.2, 0.25) is 0 Å². The van der Waals surface area contributed by atoms with E-state index < -0.39 is 0 Å². The van der Waals surface area contributed by atoms with E-state index in [1.807, 2.05) is 65.8 Å². The van der Waals surface area contributed by atoms with Crippen LogP contribution in [0.3, 0.4) is 0 Å². The molecular weight excluding hydrogens is 504 g/mol. The van der Waals surface area contributed by atoms with Crippen LogP contribution in [0.1, 0.15) is 45.5 Å². The summed E-state index contributed by atoms with van der Waals surface area (Å²) in [6.45, 7) is 11.7. The molecule has 1 aromatic carbocycles. The van der Waals surface area contributed by atoms with E-state index in [0.717, 1.165) is 22.6 Å². The average molecular weight is 536 g/mol. The zero-order valence-electron chi connectivity index (χ0n) is 16.5. The molecule has 147 valence electrons. The molecule has 0 fully saturated rings. The summed E-state index contributed by atoms with van der Waals surface area (Å²) in [5.41, 5.74) is 3.81. The maximum atomic E-state index is 9.39. The number of benzene rings is 1. The van der Waals surface area contributed by atoms with Crippen LogP contribution in [-0.4, -0.2) is 32.4 Å². The smallest absolute Gasteiger partial charge is 0.0587 e. The Balaban J connectivity index is 0.000000479. The molecule has 0 spiro atoms. The second kappa shape index (κ2) is 12.3. The second-order valence-electron chi connectivity index (χ2n) is 7.08. The van der Waals surface area contributed by atoms with Crippen molar-refractivity contribution in [3.63, 3.8) is 0 Å². The van der Waals surface area contributed by atoms with E-state index in [4.69, 9.17) is 0 Å². The van der Waals surface area contributed by atoms with Gasteiger partial charge in [-0.15, -0.1) is 35.9 Å². The minimum absolute atomic E-state index is 0. The van der Waals surface area contributed by atoms with Gasteiger partial charge < -0.3 is 15.2 Å². The van der Waals surface area contributed by atoms with Crippen molar-refractivity contribution >= 4 is 0 Å². The summed E-state index contributed by atoms with van der Waals surface area (Å²) in [6.07, 6.45) is 1.54. The van der Waals surface area contributed by atoms with Crippen molar-refractivity contribution < 1.29 is 30.3 Å². The molecule has 2 atom stereocenters.